The van der Waals surface area contributed by atoms with Crippen molar-refractivity contribution < 1.29 is 34.8 Å². The van der Waals surface area contributed by atoms with Crippen LogP contribution in [-0.4, -0.2) is 62.2 Å². The zero-order chi connectivity index (χ0) is 27.4. The molecule has 2 fully saturated rings. The van der Waals surface area contributed by atoms with Crippen molar-refractivity contribution in [2.45, 2.75) is 116 Å². The molecular formula is C30H46O7. The van der Waals surface area contributed by atoms with Gasteiger partial charge < -0.3 is 25.2 Å². The Bertz CT molecular complexity index is 982. The molecule has 2 saturated carbocycles. The molecule has 2 unspecified atom stereocenters. The average Bonchev–Trinajstić information content (AvgIpc) is 3.26. The van der Waals surface area contributed by atoms with Crippen molar-refractivity contribution in [1.29, 1.82) is 0 Å². The summed E-state index contributed by atoms with van der Waals surface area (Å²) in [5.41, 5.74) is -4.64. The van der Waals surface area contributed by atoms with E-state index in [2.05, 4.69) is 6.92 Å². The number of fused-ring (bicyclic) bond motifs is 3. The molecule has 0 aromatic heterocycles. The Labute approximate surface area is 221 Å². The van der Waals surface area contributed by atoms with Crippen LogP contribution in [0.4, 0.5) is 0 Å². The van der Waals surface area contributed by atoms with Crippen LogP contribution >= 0.6 is 0 Å². The highest BCUT2D eigenvalue weighted by Crippen LogP contribution is 2.75. The third-order valence-electron chi connectivity index (χ3n) is 10.3. The Morgan fingerprint density at radius 3 is 2.32 bits per heavy atom. The lowest BCUT2D eigenvalue weighted by atomic mass is 9.59. The van der Waals surface area contributed by atoms with Crippen LogP contribution in [0.3, 0.4) is 0 Å². The van der Waals surface area contributed by atoms with E-state index >= 15 is 0 Å². The molecule has 0 aromatic rings. The molecule has 0 saturated heterocycles. The van der Waals surface area contributed by atoms with Gasteiger partial charge in [0.15, 0.2) is 5.78 Å². The van der Waals surface area contributed by atoms with Crippen LogP contribution < -0.4 is 0 Å². The maximum Gasteiger partial charge on any atom is 0.306 e. The maximum absolute atomic E-state index is 14.3. The Morgan fingerprint density at radius 2 is 1.70 bits per heavy atom. The van der Waals surface area contributed by atoms with Gasteiger partial charge >= 0.3 is 5.97 Å². The van der Waals surface area contributed by atoms with E-state index in [1.54, 1.807) is 19.1 Å². The van der Waals surface area contributed by atoms with Gasteiger partial charge in [0.25, 0.3) is 0 Å². The number of Topliss-reactive ketones (excluding diaryl/α,β-unsaturated/α-hetero) is 1. The molecule has 1 spiro atoms. The maximum atomic E-state index is 14.3. The second kappa shape index (κ2) is 9.89. The van der Waals surface area contributed by atoms with E-state index in [-0.39, 0.29) is 23.2 Å². The van der Waals surface area contributed by atoms with Gasteiger partial charge in [-0.05, 0) is 36.8 Å². The number of rotatable bonds is 10. The van der Waals surface area contributed by atoms with E-state index in [0.717, 1.165) is 19.3 Å². The van der Waals surface area contributed by atoms with Gasteiger partial charge in [0, 0.05) is 23.7 Å². The first-order chi connectivity index (χ1) is 17.4. The van der Waals surface area contributed by atoms with Gasteiger partial charge in [0.2, 0.25) is 0 Å². The number of carbonyl (C=O) groups is 2. The quantitative estimate of drug-likeness (QED) is 0.198. The number of carbonyl (C=O) groups excluding carboxylic acids is 2. The van der Waals surface area contributed by atoms with Crippen molar-refractivity contribution in [3.8, 4) is 0 Å². The van der Waals surface area contributed by atoms with Crippen molar-refractivity contribution >= 4 is 11.8 Å². The third-order valence-corrected chi connectivity index (χ3v) is 10.3. The predicted molar refractivity (Wildman–Crippen MR) is 139 cm³/mol. The molecule has 4 aliphatic carbocycles. The van der Waals surface area contributed by atoms with Crippen molar-refractivity contribution in [2.75, 3.05) is 6.61 Å². The number of ketones is 1. The summed E-state index contributed by atoms with van der Waals surface area (Å²) in [5.74, 6) is -2.21. The first-order valence-electron chi connectivity index (χ1n) is 14.2. The van der Waals surface area contributed by atoms with Gasteiger partial charge in [-0.25, -0.2) is 0 Å². The van der Waals surface area contributed by atoms with Crippen molar-refractivity contribution in [1.82, 2.24) is 0 Å². The lowest BCUT2D eigenvalue weighted by molar-refractivity contribution is -0.191. The van der Waals surface area contributed by atoms with Crippen LogP contribution in [0.5, 0.6) is 0 Å². The summed E-state index contributed by atoms with van der Waals surface area (Å²) in [5, 5.41) is 44.4. The summed E-state index contributed by atoms with van der Waals surface area (Å²) in [6, 6.07) is 0. The highest BCUT2D eigenvalue weighted by atomic mass is 16.6. The Kier molecular flexibility index (Phi) is 7.61. The normalized spacial score (nSPS) is 41.6. The first kappa shape index (κ1) is 28.5. The summed E-state index contributed by atoms with van der Waals surface area (Å²) < 4.78 is 6.28. The number of ether oxygens (including phenoxy) is 1. The van der Waals surface area contributed by atoms with Crippen molar-refractivity contribution in [3.63, 3.8) is 0 Å². The summed E-state index contributed by atoms with van der Waals surface area (Å²) >= 11 is 0. The summed E-state index contributed by atoms with van der Waals surface area (Å²) in [7, 11) is 0. The fraction of sp³-hybridized carbons (Fsp3) is 0.800. The van der Waals surface area contributed by atoms with Crippen LogP contribution in [0.15, 0.2) is 23.3 Å². The lowest BCUT2D eigenvalue weighted by Crippen LogP contribution is -2.65. The predicted octanol–water partition coefficient (Wildman–Crippen LogP) is 3.62. The zero-order valence-electron chi connectivity index (χ0n) is 23.1. The van der Waals surface area contributed by atoms with E-state index in [0.29, 0.717) is 18.4 Å². The van der Waals surface area contributed by atoms with E-state index in [1.165, 1.54) is 25.7 Å². The van der Waals surface area contributed by atoms with Crippen molar-refractivity contribution in [3.05, 3.63) is 23.3 Å². The van der Waals surface area contributed by atoms with Crippen LogP contribution in [0.1, 0.15) is 92.4 Å². The molecule has 4 rings (SSSR count). The van der Waals surface area contributed by atoms with Gasteiger partial charge in [0.1, 0.15) is 23.4 Å². The van der Waals surface area contributed by atoms with E-state index in [1.807, 2.05) is 20.8 Å². The summed E-state index contributed by atoms with van der Waals surface area (Å²) in [6.45, 7) is 9.11. The molecule has 0 radical (unpaired) electrons. The van der Waals surface area contributed by atoms with Crippen LogP contribution in [-0.2, 0) is 14.3 Å². The minimum absolute atomic E-state index is 0.116. The molecule has 0 amide bonds. The van der Waals surface area contributed by atoms with Gasteiger partial charge in [0.05, 0.1) is 12.0 Å². The number of unbranched alkanes of at least 4 members (excludes halogenated alkanes) is 6. The van der Waals surface area contributed by atoms with Crippen LogP contribution in [0.2, 0.25) is 0 Å². The molecular weight excluding hydrogens is 472 g/mol. The largest absolute Gasteiger partial charge is 0.458 e. The highest BCUT2D eigenvalue weighted by Gasteiger charge is 2.83. The van der Waals surface area contributed by atoms with Crippen LogP contribution in [0, 0.1) is 28.6 Å². The average molecular weight is 519 g/mol. The lowest BCUT2D eigenvalue weighted by Gasteiger charge is -2.48. The van der Waals surface area contributed by atoms with Gasteiger partial charge in [-0.3, -0.25) is 9.59 Å². The second-order valence-electron chi connectivity index (χ2n) is 12.7. The third kappa shape index (κ3) is 3.90. The number of esters is 1. The van der Waals surface area contributed by atoms with Gasteiger partial charge in [-0.1, -0.05) is 78.4 Å². The minimum atomic E-state index is -2.21. The summed E-state index contributed by atoms with van der Waals surface area (Å²) in [6.07, 6.45) is 8.49. The molecule has 208 valence electrons. The molecule has 0 heterocycles. The fourth-order valence-corrected chi connectivity index (χ4v) is 8.21. The molecule has 0 aromatic carbocycles. The number of hydrogen-bond acceptors (Lipinski definition) is 7. The smallest absolute Gasteiger partial charge is 0.306 e. The fourth-order valence-electron chi connectivity index (χ4n) is 8.21. The van der Waals surface area contributed by atoms with Gasteiger partial charge in [-0.15, -0.1) is 0 Å². The standard InChI is InChI=1S/C30H46O7/c1-6-7-8-9-10-11-12-13-22(32)37-29-16-19(3)28-15-18(2)24(33)30(28,36)25(34)20(17-31)14-21(26(28)35)23(29)27(29,4)5/h14-15,19,21,23-25,31,33-34,36H,6-13,16-17H2,1-5H3/t19?,21-,23+,24-,25+,28?,29-,30+/m0/s1. The monoisotopic (exact) mass is 518 g/mol. The topological polar surface area (TPSA) is 124 Å². The highest BCUT2D eigenvalue weighted by molar-refractivity contribution is 5.95. The Balaban J connectivity index is 1.63. The first-order valence-corrected chi connectivity index (χ1v) is 14.2. The molecule has 8 atom stereocenters. The Morgan fingerprint density at radius 1 is 1.08 bits per heavy atom. The molecule has 0 aliphatic heterocycles. The minimum Gasteiger partial charge on any atom is -0.458 e. The molecule has 2 bridgehead atoms. The molecule has 37 heavy (non-hydrogen) atoms. The Hall–Kier alpha value is -1.54. The SMILES string of the molecule is CCCCCCCCCC(=O)O[C@@]12CC(C)C34C=C(C)[C@H](O)[C@@]3(O)[C@H](O)C(CO)=C[C@H](C4=O)[C@@H]1C2(C)C. The van der Waals surface area contributed by atoms with Gasteiger partial charge in [-0.2, -0.15) is 0 Å². The molecule has 7 heteroatoms. The number of hydrogen-bond donors (Lipinski definition) is 4. The number of allylic oxidation sites excluding steroid dienone is 1. The van der Waals surface area contributed by atoms with E-state index < -0.39 is 52.7 Å². The molecule has 4 aliphatic rings. The van der Waals surface area contributed by atoms with Crippen LogP contribution in [0.25, 0.3) is 0 Å². The second-order valence-corrected chi connectivity index (χ2v) is 12.7. The number of aliphatic hydroxyl groups is 4. The molecule has 7 nitrogen and oxygen atoms in total. The van der Waals surface area contributed by atoms with E-state index in [9.17, 15) is 30.0 Å². The van der Waals surface area contributed by atoms with E-state index in [4.69, 9.17) is 4.74 Å². The summed E-state index contributed by atoms with van der Waals surface area (Å²) in [4.78, 5) is 27.4. The number of aliphatic hydroxyl groups excluding tert-OH is 3. The van der Waals surface area contributed by atoms with Crippen molar-refractivity contribution in [2.24, 2.45) is 28.6 Å². The molecule has 4 N–H and O–H groups in total. The zero-order valence-corrected chi connectivity index (χ0v) is 23.1.